The van der Waals surface area contributed by atoms with Crippen LogP contribution in [-0.2, 0) is 12.8 Å². The number of hydrogen-bond acceptors (Lipinski definition) is 3. The van der Waals surface area contributed by atoms with E-state index in [2.05, 4.69) is 4.98 Å². The fourth-order valence-corrected chi connectivity index (χ4v) is 3.07. The summed E-state index contributed by atoms with van der Waals surface area (Å²) in [6.45, 7) is 1.36. The summed E-state index contributed by atoms with van der Waals surface area (Å²) in [6.07, 6.45) is 1.51. The second kappa shape index (κ2) is 5.01. The number of pyridine rings is 1. The number of nitrogens with zero attached hydrogens (tertiary/aromatic N) is 1. The van der Waals surface area contributed by atoms with Crippen molar-refractivity contribution in [1.82, 2.24) is 9.88 Å². The molecule has 3 heterocycles. The number of rotatable bonds is 1. The second-order valence-corrected chi connectivity index (χ2v) is 5.54. The van der Waals surface area contributed by atoms with E-state index in [4.69, 9.17) is 0 Å². The van der Waals surface area contributed by atoms with Crippen LogP contribution in [0, 0.1) is 0 Å². The molecule has 2 aromatic heterocycles. The molecule has 1 N–H and O–H groups in total. The summed E-state index contributed by atoms with van der Waals surface area (Å²) in [5.41, 5.74) is 2.03. The molecule has 0 atom stereocenters. The summed E-state index contributed by atoms with van der Waals surface area (Å²) in [7, 11) is 0. The number of aromatic nitrogens is 1. The average Bonchev–Trinajstić information content (AvgIpc) is 2.86. The largest absolute Gasteiger partial charge is 0.337 e. The predicted molar refractivity (Wildman–Crippen MR) is 74.7 cm³/mol. The quantitative estimate of drug-likeness (QED) is 0.860. The molecule has 0 aromatic carbocycles. The Balaban J connectivity index is 1.80. The molecule has 0 fully saturated rings. The van der Waals surface area contributed by atoms with Crippen molar-refractivity contribution in [2.75, 3.05) is 13.1 Å². The lowest BCUT2D eigenvalue weighted by Gasteiger charge is -2.19. The molecule has 0 radical (unpaired) electrons. The SMILES string of the molecule is O=C(c1cccs1)N1CCc2ccc(=O)[nH]c2CC1. The molecular formula is C14H14N2O2S. The van der Waals surface area contributed by atoms with Crippen LogP contribution in [0.5, 0.6) is 0 Å². The van der Waals surface area contributed by atoms with Crippen LogP contribution < -0.4 is 5.56 Å². The number of nitrogens with one attached hydrogen (secondary N) is 1. The Hall–Kier alpha value is -1.88. The second-order valence-electron chi connectivity index (χ2n) is 4.60. The summed E-state index contributed by atoms with van der Waals surface area (Å²) in [6, 6.07) is 7.16. The van der Waals surface area contributed by atoms with Gasteiger partial charge in [-0.05, 0) is 23.4 Å². The fraction of sp³-hybridized carbons (Fsp3) is 0.286. The van der Waals surface area contributed by atoms with Crippen LogP contribution in [0.3, 0.4) is 0 Å². The Morgan fingerprint density at radius 2 is 2.05 bits per heavy atom. The topological polar surface area (TPSA) is 53.2 Å². The zero-order valence-electron chi connectivity index (χ0n) is 10.4. The van der Waals surface area contributed by atoms with Crippen molar-refractivity contribution in [2.24, 2.45) is 0 Å². The first-order valence-electron chi connectivity index (χ1n) is 6.28. The molecule has 19 heavy (non-hydrogen) atoms. The molecule has 3 rings (SSSR count). The average molecular weight is 274 g/mol. The van der Waals surface area contributed by atoms with E-state index in [-0.39, 0.29) is 11.5 Å². The Morgan fingerprint density at radius 3 is 2.84 bits per heavy atom. The van der Waals surface area contributed by atoms with Crippen LogP contribution in [-0.4, -0.2) is 28.9 Å². The Bertz CT molecular complexity index is 646. The first-order chi connectivity index (χ1) is 9.24. The van der Waals surface area contributed by atoms with Crippen LogP contribution in [0.1, 0.15) is 20.9 Å². The number of aromatic amines is 1. The van der Waals surface area contributed by atoms with Crippen LogP contribution in [0.25, 0.3) is 0 Å². The number of H-pyrrole nitrogens is 1. The maximum Gasteiger partial charge on any atom is 0.263 e. The van der Waals surface area contributed by atoms with Gasteiger partial charge < -0.3 is 9.88 Å². The van der Waals surface area contributed by atoms with E-state index in [1.165, 1.54) is 11.3 Å². The molecule has 0 spiro atoms. The minimum absolute atomic E-state index is 0.0724. The Kier molecular flexibility index (Phi) is 3.21. The summed E-state index contributed by atoms with van der Waals surface area (Å²) < 4.78 is 0. The van der Waals surface area contributed by atoms with Crippen molar-refractivity contribution in [3.05, 3.63) is 56.1 Å². The molecule has 0 aliphatic carbocycles. The molecule has 1 amide bonds. The van der Waals surface area contributed by atoms with Crippen molar-refractivity contribution < 1.29 is 4.79 Å². The highest BCUT2D eigenvalue weighted by atomic mass is 32.1. The highest BCUT2D eigenvalue weighted by molar-refractivity contribution is 7.12. The van der Waals surface area contributed by atoms with Gasteiger partial charge >= 0.3 is 0 Å². The molecule has 0 unspecified atom stereocenters. The Morgan fingerprint density at radius 1 is 1.21 bits per heavy atom. The van der Waals surface area contributed by atoms with Gasteiger partial charge in [-0.15, -0.1) is 11.3 Å². The van der Waals surface area contributed by atoms with Gasteiger partial charge in [0.1, 0.15) is 0 Å². The number of carbonyl (C=O) groups is 1. The lowest BCUT2D eigenvalue weighted by molar-refractivity contribution is 0.0768. The molecule has 98 valence electrons. The third-order valence-electron chi connectivity index (χ3n) is 3.40. The van der Waals surface area contributed by atoms with Crippen molar-refractivity contribution in [3.8, 4) is 0 Å². The number of fused-ring (bicyclic) bond motifs is 1. The summed E-state index contributed by atoms with van der Waals surface area (Å²) in [4.78, 5) is 29.1. The van der Waals surface area contributed by atoms with Gasteiger partial charge in [-0.1, -0.05) is 12.1 Å². The molecule has 0 bridgehead atoms. The fourth-order valence-electron chi connectivity index (χ4n) is 2.38. The number of thiophene rings is 1. The van der Waals surface area contributed by atoms with E-state index >= 15 is 0 Å². The monoisotopic (exact) mass is 274 g/mol. The van der Waals surface area contributed by atoms with Crippen LogP contribution >= 0.6 is 11.3 Å². The highest BCUT2D eigenvalue weighted by Gasteiger charge is 2.20. The van der Waals surface area contributed by atoms with Crippen LogP contribution in [0.15, 0.2) is 34.4 Å². The molecular weight excluding hydrogens is 260 g/mol. The van der Waals surface area contributed by atoms with E-state index in [1.54, 1.807) is 6.07 Å². The summed E-state index contributed by atoms with van der Waals surface area (Å²) in [5.74, 6) is 0.0881. The van der Waals surface area contributed by atoms with Crippen LogP contribution in [0.4, 0.5) is 0 Å². The minimum atomic E-state index is -0.0724. The lowest BCUT2D eigenvalue weighted by Crippen LogP contribution is -2.32. The maximum absolute atomic E-state index is 12.3. The molecule has 4 nitrogen and oxygen atoms in total. The van der Waals surface area contributed by atoms with Gasteiger partial charge in [0.05, 0.1) is 4.88 Å². The smallest absolute Gasteiger partial charge is 0.263 e. The van der Waals surface area contributed by atoms with Gasteiger partial charge in [0.2, 0.25) is 5.56 Å². The molecule has 0 saturated heterocycles. The van der Waals surface area contributed by atoms with E-state index < -0.39 is 0 Å². The standard InChI is InChI=1S/C14H14N2O2S/c17-13-4-3-10-5-7-16(8-6-11(10)15-13)14(18)12-2-1-9-19-12/h1-4,9H,5-8H2,(H,15,17). The summed E-state index contributed by atoms with van der Waals surface area (Å²) in [5, 5.41) is 1.91. The van der Waals surface area contributed by atoms with Crippen molar-refractivity contribution in [2.45, 2.75) is 12.8 Å². The number of carbonyl (C=O) groups excluding carboxylic acids is 1. The molecule has 1 aliphatic heterocycles. The van der Waals surface area contributed by atoms with Gasteiger partial charge in [-0.25, -0.2) is 0 Å². The maximum atomic E-state index is 12.3. The van der Waals surface area contributed by atoms with Gasteiger partial charge in [0.15, 0.2) is 0 Å². The molecule has 2 aromatic rings. The first kappa shape index (κ1) is 12.2. The molecule has 1 aliphatic rings. The lowest BCUT2D eigenvalue weighted by atomic mass is 10.1. The van der Waals surface area contributed by atoms with Gasteiger partial charge in [-0.2, -0.15) is 0 Å². The first-order valence-corrected chi connectivity index (χ1v) is 7.16. The van der Waals surface area contributed by atoms with Crippen LogP contribution in [0.2, 0.25) is 0 Å². The predicted octanol–water partition coefficient (Wildman–Crippen LogP) is 1.68. The van der Waals surface area contributed by atoms with Gasteiger partial charge in [-0.3, -0.25) is 9.59 Å². The summed E-state index contributed by atoms with van der Waals surface area (Å²) >= 11 is 1.47. The minimum Gasteiger partial charge on any atom is -0.337 e. The molecule has 0 saturated carbocycles. The van der Waals surface area contributed by atoms with Crippen molar-refractivity contribution in [1.29, 1.82) is 0 Å². The van der Waals surface area contributed by atoms with Gasteiger partial charge in [0, 0.05) is 31.3 Å². The van der Waals surface area contributed by atoms with E-state index in [0.717, 1.165) is 22.6 Å². The number of amides is 1. The third-order valence-corrected chi connectivity index (χ3v) is 4.26. The van der Waals surface area contributed by atoms with E-state index in [0.29, 0.717) is 19.5 Å². The zero-order valence-corrected chi connectivity index (χ0v) is 11.2. The molecule has 5 heteroatoms. The van der Waals surface area contributed by atoms with Gasteiger partial charge in [0.25, 0.3) is 5.91 Å². The Labute approximate surface area is 114 Å². The zero-order chi connectivity index (χ0) is 13.2. The van der Waals surface area contributed by atoms with Crippen molar-refractivity contribution >= 4 is 17.2 Å². The third kappa shape index (κ3) is 2.46. The van der Waals surface area contributed by atoms with E-state index in [1.807, 2.05) is 28.5 Å². The van der Waals surface area contributed by atoms with Crippen molar-refractivity contribution in [3.63, 3.8) is 0 Å². The highest BCUT2D eigenvalue weighted by Crippen LogP contribution is 2.16. The number of hydrogen-bond donors (Lipinski definition) is 1. The normalized spacial score (nSPS) is 14.8. The van der Waals surface area contributed by atoms with E-state index in [9.17, 15) is 9.59 Å².